The Morgan fingerprint density at radius 2 is 1.75 bits per heavy atom. The van der Waals surface area contributed by atoms with Crippen LogP contribution in [0.5, 0.6) is 5.75 Å². The predicted octanol–water partition coefficient (Wildman–Crippen LogP) is 4.99. The summed E-state index contributed by atoms with van der Waals surface area (Å²) in [6.45, 7) is 10.4. The molecule has 1 aliphatic rings. The van der Waals surface area contributed by atoms with Gasteiger partial charge in [0.2, 0.25) is 0 Å². The molecule has 0 unspecified atom stereocenters. The van der Waals surface area contributed by atoms with Crippen molar-refractivity contribution >= 4 is 34.2 Å². The number of carbonyl (C=O) groups excluding carboxylic acids is 1. The molecule has 1 aromatic carbocycles. The van der Waals surface area contributed by atoms with E-state index in [4.69, 9.17) is 12.2 Å². The topological polar surface area (TPSA) is 49.3 Å². The first-order chi connectivity index (χ1) is 11.2. The normalized spacial score (nSPS) is 17.0. The van der Waals surface area contributed by atoms with Gasteiger partial charge in [0, 0.05) is 0 Å². The highest BCUT2D eigenvalue weighted by Gasteiger charge is 2.24. The Balaban J connectivity index is 2.25. The van der Waals surface area contributed by atoms with E-state index in [0.29, 0.717) is 10.1 Å². The van der Waals surface area contributed by atoms with E-state index < -0.39 is 0 Å². The number of amides is 1. The van der Waals surface area contributed by atoms with Gasteiger partial charge in [-0.15, -0.1) is 0 Å². The molecule has 0 aliphatic carbocycles. The lowest BCUT2D eigenvalue weighted by molar-refractivity contribution is -0.115. The highest BCUT2D eigenvalue weighted by atomic mass is 32.2. The number of rotatable bonds is 5. The van der Waals surface area contributed by atoms with Gasteiger partial charge in [0.25, 0.3) is 5.91 Å². The fraction of sp³-hybridized carbons (Fsp3) is 0.474. The first-order valence-electron chi connectivity index (χ1n) is 8.29. The molecule has 5 heteroatoms. The smallest absolute Gasteiger partial charge is 0.263 e. The summed E-state index contributed by atoms with van der Waals surface area (Å²) in [7, 11) is 0. The van der Waals surface area contributed by atoms with Crippen LogP contribution < -0.4 is 5.32 Å². The SMILES string of the molecule is CC(CCc1cc(C(C)C)c(O)c(C(C)C)c1)=C1SC(=S)NC1=O. The van der Waals surface area contributed by atoms with Gasteiger partial charge >= 0.3 is 0 Å². The Hall–Kier alpha value is -1.33. The third-order valence-corrected chi connectivity index (χ3v) is 5.64. The van der Waals surface area contributed by atoms with Gasteiger partial charge in [-0.05, 0) is 48.3 Å². The molecule has 1 aromatic rings. The van der Waals surface area contributed by atoms with Crippen LogP contribution in [0.25, 0.3) is 0 Å². The average Bonchev–Trinajstić information content (AvgIpc) is 2.83. The number of thiocarbonyl (C=S) groups is 1. The van der Waals surface area contributed by atoms with Gasteiger partial charge in [-0.3, -0.25) is 4.79 Å². The number of thioether (sulfide) groups is 1. The Bertz CT molecular complexity index is 676. The number of nitrogens with one attached hydrogen (secondary N) is 1. The monoisotopic (exact) mass is 363 g/mol. The van der Waals surface area contributed by atoms with Crippen LogP contribution >= 0.6 is 24.0 Å². The molecule has 1 amide bonds. The molecule has 3 nitrogen and oxygen atoms in total. The summed E-state index contributed by atoms with van der Waals surface area (Å²) in [6, 6.07) is 4.19. The van der Waals surface area contributed by atoms with Crippen LogP contribution in [-0.2, 0) is 11.2 Å². The number of aryl methyl sites for hydroxylation is 1. The van der Waals surface area contributed by atoms with Crippen molar-refractivity contribution in [2.45, 2.75) is 59.3 Å². The minimum absolute atomic E-state index is 0.0843. The van der Waals surface area contributed by atoms with Crippen molar-refractivity contribution in [1.82, 2.24) is 5.32 Å². The lowest BCUT2D eigenvalue weighted by Gasteiger charge is -2.17. The van der Waals surface area contributed by atoms with E-state index in [1.165, 1.54) is 17.3 Å². The molecule has 0 spiro atoms. The molecule has 2 rings (SSSR count). The number of aromatic hydroxyl groups is 1. The summed E-state index contributed by atoms with van der Waals surface area (Å²) in [5.41, 5.74) is 4.25. The fourth-order valence-electron chi connectivity index (χ4n) is 2.81. The van der Waals surface area contributed by atoms with Gasteiger partial charge in [0.05, 0.1) is 4.91 Å². The van der Waals surface area contributed by atoms with Gasteiger partial charge in [0.1, 0.15) is 10.1 Å². The Morgan fingerprint density at radius 3 is 2.17 bits per heavy atom. The van der Waals surface area contributed by atoms with Crippen LogP contribution in [0.3, 0.4) is 0 Å². The van der Waals surface area contributed by atoms with Crippen LogP contribution in [0.4, 0.5) is 0 Å². The Morgan fingerprint density at radius 1 is 1.21 bits per heavy atom. The standard InChI is InChI=1S/C19H25NO2S2/c1-10(2)14-8-13(9-15(11(3)4)16(14)21)7-6-12(5)17-18(22)20-19(23)24-17/h8-11,21H,6-7H2,1-5H3,(H,20,22,23). The van der Waals surface area contributed by atoms with Crippen molar-refractivity contribution in [3.05, 3.63) is 39.3 Å². The quantitative estimate of drug-likeness (QED) is 0.571. The zero-order valence-electron chi connectivity index (χ0n) is 14.9. The zero-order chi connectivity index (χ0) is 18.0. The number of benzene rings is 1. The lowest BCUT2D eigenvalue weighted by atomic mass is 9.90. The zero-order valence-corrected chi connectivity index (χ0v) is 16.5. The summed E-state index contributed by atoms with van der Waals surface area (Å²) in [5.74, 6) is 0.889. The third kappa shape index (κ3) is 4.19. The molecule has 0 saturated carbocycles. The van der Waals surface area contributed by atoms with E-state index in [2.05, 4.69) is 45.1 Å². The molecule has 0 radical (unpaired) electrons. The van der Waals surface area contributed by atoms with Gasteiger partial charge in [-0.1, -0.05) is 69.4 Å². The van der Waals surface area contributed by atoms with Gasteiger partial charge in [-0.25, -0.2) is 0 Å². The van der Waals surface area contributed by atoms with Crippen molar-refractivity contribution in [2.24, 2.45) is 0 Å². The van der Waals surface area contributed by atoms with E-state index in [0.717, 1.165) is 34.4 Å². The number of hydrogen-bond acceptors (Lipinski definition) is 4. The molecule has 2 N–H and O–H groups in total. The minimum atomic E-state index is -0.0843. The van der Waals surface area contributed by atoms with Gasteiger partial charge in [-0.2, -0.15) is 0 Å². The molecule has 0 aromatic heterocycles. The van der Waals surface area contributed by atoms with Gasteiger partial charge in [0.15, 0.2) is 0 Å². The molecule has 0 bridgehead atoms. The molecule has 1 fully saturated rings. The van der Waals surface area contributed by atoms with E-state index >= 15 is 0 Å². The lowest BCUT2D eigenvalue weighted by Crippen LogP contribution is -2.18. The van der Waals surface area contributed by atoms with E-state index in [-0.39, 0.29) is 17.7 Å². The predicted molar refractivity (Wildman–Crippen MR) is 106 cm³/mol. The van der Waals surface area contributed by atoms with Crippen LogP contribution in [0.15, 0.2) is 22.6 Å². The molecular weight excluding hydrogens is 338 g/mol. The van der Waals surface area contributed by atoms with E-state index in [1.807, 2.05) is 6.92 Å². The Kier molecular flexibility index (Phi) is 6.10. The molecule has 1 heterocycles. The second-order valence-corrected chi connectivity index (χ2v) is 8.57. The maximum absolute atomic E-state index is 11.9. The molecule has 24 heavy (non-hydrogen) atoms. The van der Waals surface area contributed by atoms with Crippen LogP contribution in [0, 0.1) is 0 Å². The summed E-state index contributed by atoms with van der Waals surface area (Å²) in [5, 5.41) is 13.2. The maximum atomic E-state index is 11.9. The first kappa shape index (κ1) is 19.0. The van der Waals surface area contributed by atoms with Crippen molar-refractivity contribution in [3.8, 4) is 5.75 Å². The van der Waals surface area contributed by atoms with Crippen molar-refractivity contribution < 1.29 is 9.90 Å². The largest absolute Gasteiger partial charge is 0.507 e. The number of phenolic OH excluding ortho intramolecular Hbond substituents is 1. The molecule has 1 aliphatic heterocycles. The summed E-state index contributed by atoms with van der Waals surface area (Å²) < 4.78 is 0.531. The number of phenols is 1. The Labute approximate surface area is 153 Å². The van der Waals surface area contributed by atoms with Gasteiger partial charge < -0.3 is 10.4 Å². The second-order valence-electron chi connectivity index (χ2n) is 6.89. The number of carbonyl (C=O) groups is 1. The second kappa shape index (κ2) is 7.70. The van der Waals surface area contributed by atoms with Crippen LogP contribution in [0.2, 0.25) is 0 Å². The number of allylic oxidation sites excluding steroid dienone is 1. The van der Waals surface area contributed by atoms with Crippen molar-refractivity contribution in [3.63, 3.8) is 0 Å². The van der Waals surface area contributed by atoms with Crippen molar-refractivity contribution in [1.29, 1.82) is 0 Å². The molecule has 130 valence electrons. The highest BCUT2D eigenvalue weighted by molar-refractivity contribution is 8.26. The summed E-state index contributed by atoms with van der Waals surface area (Å²) in [6.07, 6.45) is 1.65. The van der Waals surface area contributed by atoms with E-state index in [1.54, 1.807) is 0 Å². The maximum Gasteiger partial charge on any atom is 0.263 e. The fourth-order valence-corrected chi connectivity index (χ4v) is 3.90. The van der Waals surface area contributed by atoms with E-state index in [9.17, 15) is 9.90 Å². The molecule has 0 atom stereocenters. The minimum Gasteiger partial charge on any atom is -0.507 e. The van der Waals surface area contributed by atoms with Crippen molar-refractivity contribution in [2.75, 3.05) is 0 Å². The first-order valence-corrected chi connectivity index (χ1v) is 9.51. The number of hydrogen-bond donors (Lipinski definition) is 2. The van der Waals surface area contributed by atoms with Crippen LogP contribution in [-0.4, -0.2) is 15.3 Å². The summed E-state index contributed by atoms with van der Waals surface area (Å²) in [4.78, 5) is 12.6. The highest BCUT2D eigenvalue weighted by Crippen LogP contribution is 2.35. The molecular formula is C19H25NO2S2. The summed E-state index contributed by atoms with van der Waals surface area (Å²) >= 11 is 6.39. The third-order valence-electron chi connectivity index (χ3n) is 4.27. The average molecular weight is 364 g/mol. The van der Waals surface area contributed by atoms with Crippen LogP contribution in [0.1, 0.15) is 69.6 Å². The molecule has 1 saturated heterocycles.